The van der Waals surface area contributed by atoms with Gasteiger partial charge < -0.3 is 20.1 Å². The van der Waals surface area contributed by atoms with Gasteiger partial charge in [-0.1, -0.05) is 0 Å². The number of fused-ring (bicyclic) bond motifs is 2. The minimum Gasteiger partial charge on any atom is -0.488 e. The van der Waals surface area contributed by atoms with Gasteiger partial charge in [-0.15, -0.1) is 0 Å². The Morgan fingerprint density at radius 2 is 2.19 bits per heavy atom. The third-order valence-electron chi connectivity index (χ3n) is 5.72. The van der Waals surface area contributed by atoms with Crippen LogP contribution in [0, 0.1) is 5.41 Å². The number of rotatable bonds is 5. The second-order valence-corrected chi connectivity index (χ2v) is 7.93. The molecule has 0 amide bonds. The van der Waals surface area contributed by atoms with E-state index in [4.69, 9.17) is 20.6 Å². The number of hydrogen-bond acceptors (Lipinski definition) is 7. The molecule has 0 unspecified atom stereocenters. The number of anilines is 2. The molecule has 2 saturated heterocycles. The lowest BCUT2D eigenvalue weighted by molar-refractivity contribution is 0.0989. The summed E-state index contributed by atoms with van der Waals surface area (Å²) in [5.41, 5.74) is 8.09. The number of morpholine rings is 1. The first-order valence-corrected chi connectivity index (χ1v) is 9.39. The first kappa shape index (κ1) is 16.5. The van der Waals surface area contributed by atoms with Crippen LogP contribution in [-0.4, -0.2) is 46.6 Å². The Kier molecular flexibility index (Phi) is 3.62. The molecule has 2 aromatic rings. The summed E-state index contributed by atoms with van der Waals surface area (Å²) in [5.74, 6) is 1.59. The van der Waals surface area contributed by atoms with Crippen molar-refractivity contribution in [2.24, 2.45) is 0 Å². The van der Waals surface area contributed by atoms with Gasteiger partial charge in [-0.3, -0.25) is 5.41 Å². The molecule has 2 bridgehead atoms. The van der Waals surface area contributed by atoms with Crippen molar-refractivity contribution in [2.45, 2.75) is 43.9 Å². The fourth-order valence-electron chi connectivity index (χ4n) is 3.84. The van der Waals surface area contributed by atoms with E-state index in [2.05, 4.69) is 21.8 Å². The van der Waals surface area contributed by atoms with E-state index in [1.54, 1.807) is 6.07 Å². The van der Waals surface area contributed by atoms with Gasteiger partial charge in [0.15, 0.2) is 0 Å². The smallest absolute Gasteiger partial charge is 0.133 e. The maximum atomic E-state index is 8.66. The average molecular weight is 365 g/mol. The summed E-state index contributed by atoms with van der Waals surface area (Å²) >= 11 is 0. The first-order chi connectivity index (χ1) is 13.0. The van der Waals surface area contributed by atoms with E-state index in [-0.39, 0.29) is 11.3 Å². The van der Waals surface area contributed by atoms with Crippen LogP contribution in [0.2, 0.25) is 0 Å². The molecule has 3 heterocycles. The van der Waals surface area contributed by atoms with Gasteiger partial charge >= 0.3 is 0 Å². The van der Waals surface area contributed by atoms with Gasteiger partial charge in [0.2, 0.25) is 0 Å². The zero-order chi connectivity index (χ0) is 18.6. The molecule has 1 aromatic carbocycles. The highest BCUT2D eigenvalue weighted by Crippen LogP contribution is 2.40. The summed E-state index contributed by atoms with van der Waals surface area (Å²) in [5, 5.41) is 8.66. The molecule has 1 aromatic heterocycles. The molecule has 3 aliphatic rings. The Bertz CT molecular complexity index is 911. The highest BCUT2D eigenvalue weighted by molar-refractivity contribution is 6.13. The van der Waals surface area contributed by atoms with Crippen molar-refractivity contribution in [1.82, 2.24) is 9.97 Å². The standard InChI is InChI=1S/C20H23N5O2/c1-20(4-5-20)27-13-2-3-16(21)15(7-13)19(22)17-8-18(24-11-23-17)25-9-14-6-12(25)10-26-14/h2-3,7-8,11-12,14,22H,4-6,9-10,21H2,1H3/t12-,14-/m0/s1. The molecule has 5 rings (SSSR count). The third-order valence-corrected chi connectivity index (χ3v) is 5.72. The van der Waals surface area contributed by atoms with Crippen molar-refractivity contribution in [1.29, 1.82) is 5.41 Å². The number of aromatic nitrogens is 2. The topological polar surface area (TPSA) is 97.4 Å². The fourth-order valence-corrected chi connectivity index (χ4v) is 3.84. The van der Waals surface area contributed by atoms with Gasteiger partial charge in [0.1, 0.15) is 23.5 Å². The second kappa shape index (κ2) is 5.92. The normalized spacial score (nSPS) is 24.9. The Balaban J connectivity index is 1.42. The predicted molar refractivity (Wildman–Crippen MR) is 103 cm³/mol. The van der Waals surface area contributed by atoms with Gasteiger partial charge in [0.25, 0.3) is 0 Å². The number of ether oxygens (including phenoxy) is 2. The van der Waals surface area contributed by atoms with E-state index in [0.717, 1.165) is 44.0 Å². The van der Waals surface area contributed by atoms with Gasteiger partial charge in [-0.05, 0) is 44.4 Å². The van der Waals surface area contributed by atoms with E-state index in [1.807, 2.05) is 18.2 Å². The fraction of sp³-hybridized carbons (Fsp3) is 0.450. The molecule has 0 spiro atoms. The van der Waals surface area contributed by atoms with E-state index in [0.29, 0.717) is 29.1 Å². The van der Waals surface area contributed by atoms with Crippen molar-refractivity contribution in [2.75, 3.05) is 23.8 Å². The second-order valence-electron chi connectivity index (χ2n) is 7.93. The van der Waals surface area contributed by atoms with E-state index in [9.17, 15) is 0 Å². The molecular weight excluding hydrogens is 342 g/mol. The molecule has 0 radical (unpaired) electrons. The Labute approximate surface area is 158 Å². The first-order valence-electron chi connectivity index (χ1n) is 9.39. The van der Waals surface area contributed by atoms with Crippen LogP contribution in [0.4, 0.5) is 11.5 Å². The molecule has 2 atom stereocenters. The SMILES string of the molecule is CC1(Oc2ccc(N)c(C(=N)c3cc(N4C[C@@H]5C[C@H]4CO5)ncn3)c2)CC1. The number of hydrogen-bond donors (Lipinski definition) is 2. The summed E-state index contributed by atoms with van der Waals surface area (Å²) in [6.45, 7) is 3.68. The molecule has 1 aliphatic carbocycles. The summed E-state index contributed by atoms with van der Waals surface area (Å²) in [6, 6.07) is 7.74. The van der Waals surface area contributed by atoms with Crippen molar-refractivity contribution in [3.63, 3.8) is 0 Å². The molecule has 1 saturated carbocycles. The quantitative estimate of drug-likeness (QED) is 0.624. The van der Waals surface area contributed by atoms with Crippen molar-refractivity contribution < 1.29 is 9.47 Å². The lowest BCUT2D eigenvalue weighted by atomic mass is 10.0. The molecule has 27 heavy (non-hydrogen) atoms. The summed E-state index contributed by atoms with van der Waals surface area (Å²) in [6.07, 6.45) is 4.97. The van der Waals surface area contributed by atoms with Crippen LogP contribution in [0.1, 0.15) is 37.4 Å². The lowest BCUT2D eigenvalue weighted by Crippen LogP contribution is -2.37. The van der Waals surface area contributed by atoms with Crippen molar-refractivity contribution >= 4 is 17.2 Å². The minimum absolute atomic E-state index is 0.0746. The van der Waals surface area contributed by atoms with Gasteiger partial charge in [0.05, 0.1) is 30.2 Å². The number of benzene rings is 1. The van der Waals surface area contributed by atoms with Crippen LogP contribution in [-0.2, 0) is 4.74 Å². The van der Waals surface area contributed by atoms with Crippen LogP contribution < -0.4 is 15.4 Å². The van der Waals surface area contributed by atoms with Gasteiger partial charge in [-0.25, -0.2) is 9.97 Å². The monoisotopic (exact) mass is 365 g/mol. The number of nitrogen functional groups attached to an aromatic ring is 1. The Morgan fingerprint density at radius 3 is 2.89 bits per heavy atom. The molecule has 2 aliphatic heterocycles. The number of nitrogens with zero attached hydrogens (tertiary/aromatic N) is 3. The molecule has 7 heteroatoms. The summed E-state index contributed by atoms with van der Waals surface area (Å²) in [7, 11) is 0. The average Bonchev–Trinajstić information content (AvgIpc) is 3.08. The van der Waals surface area contributed by atoms with Crippen molar-refractivity contribution in [3.8, 4) is 5.75 Å². The summed E-state index contributed by atoms with van der Waals surface area (Å²) < 4.78 is 11.7. The van der Waals surface area contributed by atoms with E-state index < -0.39 is 0 Å². The highest BCUT2D eigenvalue weighted by atomic mass is 16.5. The molecule has 140 valence electrons. The molecular formula is C20H23N5O2. The number of nitrogens with two attached hydrogens (primary N) is 1. The maximum absolute atomic E-state index is 8.66. The Morgan fingerprint density at radius 1 is 1.33 bits per heavy atom. The number of nitrogens with one attached hydrogen (secondary N) is 1. The van der Waals surface area contributed by atoms with Crippen LogP contribution in [0.3, 0.4) is 0 Å². The van der Waals surface area contributed by atoms with E-state index in [1.165, 1.54) is 6.33 Å². The molecule has 7 nitrogen and oxygen atoms in total. The minimum atomic E-state index is -0.0746. The zero-order valence-electron chi connectivity index (χ0n) is 15.3. The van der Waals surface area contributed by atoms with Crippen LogP contribution in [0.5, 0.6) is 5.75 Å². The lowest BCUT2D eigenvalue weighted by Gasteiger charge is -2.27. The maximum Gasteiger partial charge on any atom is 0.133 e. The molecule has 3 N–H and O–H groups in total. The van der Waals surface area contributed by atoms with Gasteiger partial charge in [0, 0.05) is 23.9 Å². The van der Waals surface area contributed by atoms with Crippen LogP contribution >= 0.6 is 0 Å². The van der Waals surface area contributed by atoms with E-state index >= 15 is 0 Å². The largest absolute Gasteiger partial charge is 0.488 e. The van der Waals surface area contributed by atoms with Gasteiger partial charge in [-0.2, -0.15) is 0 Å². The van der Waals surface area contributed by atoms with Crippen molar-refractivity contribution in [3.05, 3.63) is 41.9 Å². The molecule has 3 fully saturated rings. The Hall–Kier alpha value is -2.67. The summed E-state index contributed by atoms with van der Waals surface area (Å²) in [4.78, 5) is 11.0. The van der Waals surface area contributed by atoms with Crippen LogP contribution in [0.15, 0.2) is 30.6 Å². The van der Waals surface area contributed by atoms with Crippen LogP contribution in [0.25, 0.3) is 0 Å². The predicted octanol–water partition coefficient (Wildman–Crippen LogP) is 2.38. The zero-order valence-corrected chi connectivity index (χ0v) is 15.3. The third kappa shape index (κ3) is 3.02. The highest BCUT2D eigenvalue weighted by Gasteiger charge is 2.40.